The molecule has 168 valence electrons. The van der Waals surface area contributed by atoms with Crippen molar-refractivity contribution in [3.05, 3.63) is 59.0 Å². The van der Waals surface area contributed by atoms with Gasteiger partial charge in [-0.05, 0) is 36.2 Å². The molecule has 1 N–H and O–H groups in total. The number of rotatable bonds is 5. The molecule has 0 aliphatic carbocycles. The highest BCUT2D eigenvalue weighted by Gasteiger charge is 2.22. The lowest BCUT2D eigenvalue weighted by Crippen LogP contribution is -2.51. The van der Waals surface area contributed by atoms with Gasteiger partial charge in [-0.15, -0.1) is 0 Å². The number of halogens is 1. The lowest BCUT2D eigenvalue weighted by Gasteiger charge is -2.34. The van der Waals surface area contributed by atoms with Crippen LogP contribution in [0.2, 0.25) is 5.02 Å². The fourth-order valence-corrected chi connectivity index (χ4v) is 4.42. The Balaban J connectivity index is 1.08. The van der Waals surface area contributed by atoms with Gasteiger partial charge in [0.1, 0.15) is 18.9 Å². The summed E-state index contributed by atoms with van der Waals surface area (Å²) >= 11 is 6.29. The van der Waals surface area contributed by atoms with Gasteiger partial charge in [0.05, 0.1) is 10.7 Å². The third-order valence-electron chi connectivity index (χ3n) is 5.81. The fourth-order valence-electron chi connectivity index (χ4n) is 4.14. The Morgan fingerprint density at radius 1 is 1.12 bits per heavy atom. The van der Waals surface area contributed by atoms with Crippen molar-refractivity contribution in [3.63, 3.8) is 0 Å². The molecule has 5 rings (SSSR count). The molecule has 0 radical (unpaired) electrons. The number of nitrogens with zero attached hydrogens (tertiary/aromatic N) is 4. The van der Waals surface area contributed by atoms with Gasteiger partial charge in [0.15, 0.2) is 11.5 Å². The number of amides is 2. The highest BCUT2D eigenvalue weighted by atomic mass is 35.5. The molecule has 32 heavy (non-hydrogen) atoms. The van der Waals surface area contributed by atoms with E-state index in [2.05, 4.69) is 21.4 Å². The first kappa shape index (κ1) is 20.9. The van der Waals surface area contributed by atoms with Crippen molar-refractivity contribution in [2.24, 2.45) is 0 Å². The van der Waals surface area contributed by atoms with Crippen LogP contribution in [0, 0.1) is 0 Å². The van der Waals surface area contributed by atoms with Crippen LogP contribution in [-0.4, -0.2) is 71.2 Å². The normalized spacial score (nSPS) is 16.3. The molecule has 4 heterocycles. The summed E-state index contributed by atoms with van der Waals surface area (Å²) in [6, 6.07) is 9.78. The Kier molecular flexibility index (Phi) is 6.05. The van der Waals surface area contributed by atoms with E-state index in [1.165, 1.54) is 0 Å². The van der Waals surface area contributed by atoms with E-state index in [1.807, 2.05) is 45.8 Å². The van der Waals surface area contributed by atoms with Crippen LogP contribution in [0.3, 0.4) is 0 Å². The molecule has 8 nitrogen and oxygen atoms in total. The molecule has 2 aliphatic heterocycles. The summed E-state index contributed by atoms with van der Waals surface area (Å²) in [5.74, 6) is 1.28. The van der Waals surface area contributed by atoms with Gasteiger partial charge in [-0.25, -0.2) is 9.78 Å². The van der Waals surface area contributed by atoms with Gasteiger partial charge in [-0.2, -0.15) is 0 Å². The van der Waals surface area contributed by atoms with Gasteiger partial charge in [0, 0.05) is 51.7 Å². The first-order valence-corrected chi connectivity index (χ1v) is 11.3. The number of aromatic nitrogens is 2. The fraction of sp³-hybridized carbons (Fsp3) is 0.391. The number of nitrogens with one attached hydrogen (secondary N) is 1. The second-order valence-corrected chi connectivity index (χ2v) is 8.45. The number of imidazole rings is 1. The third kappa shape index (κ3) is 4.61. The minimum atomic E-state index is -0.0268. The maximum atomic E-state index is 12.6. The predicted molar refractivity (Wildman–Crippen MR) is 122 cm³/mol. The van der Waals surface area contributed by atoms with Crippen molar-refractivity contribution in [3.8, 4) is 11.5 Å². The molecular formula is C23H26ClN5O3. The number of pyridine rings is 1. The molecule has 0 bridgehead atoms. The van der Waals surface area contributed by atoms with Crippen LogP contribution >= 0.6 is 11.6 Å². The average Bonchev–Trinajstić information content (AvgIpc) is 3.22. The van der Waals surface area contributed by atoms with Gasteiger partial charge in [-0.3, -0.25) is 4.90 Å². The minimum Gasteiger partial charge on any atom is -0.486 e. The molecule has 1 fully saturated rings. The molecule has 0 atom stereocenters. The van der Waals surface area contributed by atoms with Gasteiger partial charge < -0.3 is 24.1 Å². The molecule has 3 aromatic rings. The van der Waals surface area contributed by atoms with Gasteiger partial charge in [-0.1, -0.05) is 17.7 Å². The summed E-state index contributed by atoms with van der Waals surface area (Å²) < 4.78 is 13.2. The summed E-state index contributed by atoms with van der Waals surface area (Å²) in [6.07, 6.45) is 4.75. The molecule has 0 unspecified atom stereocenters. The SMILES string of the molecule is O=C(NCCc1cc(Cl)c2c(c1)OCCO2)N1CCN(Cc2cn3ccccc3n2)CC1. The van der Waals surface area contributed by atoms with Gasteiger partial charge in [0.25, 0.3) is 0 Å². The highest BCUT2D eigenvalue weighted by Crippen LogP contribution is 2.38. The van der Waals surface area contributed by atoms with Crippen molar-refractivity contribution < 1.29 is 14.3 Å². The minimum absolute atomic E-state index is 0.0268. The number of carbonyl (C=O) groups excluding carboxylic acids is 1. The van der Waals surface area contributed by atoms with Crippen LogP contribution < -0.4 is 14.8 Å². The highest BCUT2D eigenvalue weighted by molar-refractivity contribution is 6.32. The standard InChI is InChI=1S/C23H26ClN5O3/c24-19-13-17(14-20-22(19)32-12-11-31-20)4-5-25-23(30)28-9-7-27(8-10-28)15-18-16-29-6-2-1-3-21(29)26-18/h1-3,6,13-14,16H,4-5,7-12,15H2,(H,25,30). The number of benzene rings is 1. The monoisotopic (exact) mass is 455 g/mol. The van der Waals surface area contributed by atoms with Crippen LogP contribution in [0.15, 0.2) is 42.7 Å². The van der Waals surface area contributed by atoms with E-state index < -0.39 is 0 Å². The summed E-state index contributed by atoms with van der Waals surface area (Å²) in [4.78, 5) is 21.5. The first-order valence-electron chi connectivity index (χ1n) is 10.9. The van der Waals surface area contributed by atoms with Crippen LogP contribution in [0.4, 0.5) is 4.79 Å². The van der Waals surface area contributed by atoms with E-state index in [1.54, 1.807) is 0 Å². The molecule has 0 saturated carbocycles. The predicted octanol–water partition coefficient (Wildman–Crippen LogP) is 2.83. The number of hydrogen-bond donors (Lipinski definition) is 1. The zero-order chi connectivity index (χ0) is 21.9. The summed E-state index contributed by atoms with van der Waals surface area (Å²) in [5, 5.41) is 3.57. The Labute approximate surface area is 191 Å². The van der Waals surface area contributed by atoms with E-state index in [4.69, 9.17) is 21.1 Å². The molecule has 9 heteroatoms. The number of hydrogen-bond acceptors (Lipinski definition) is 5. The number of piperazine rings is 1. The second-order valence-electron chi connectivity index (χ2n) is 8.05. The molecule has 2 amide bonds. The zero-order valence-electron chi connectivity index (χ0n) is 17.8. The quantitative estimate of drug-likeness (QED) is 0.640. The first-order chi connectivity index (χ1) is 15.7. The van der Waals surface area contributed by atoms with E-state index >= 15 is 0 Å². The van der Waals surface area contributed by atoms with Crippen molar-refractivity contribution >= 4 is 23.3 Å². The van der Waals surface area contributed by atoms with Crippen molar-refractivity contribution in [1.82, 2.24) is 24.5 Å². The smallest absolute Gasteiger partial charge is 0.317 e. The summed E-state index contributed by atoms with van der Waals surface area (Å²) in [6.45, 7) is 5.43. The Hall–Kier alpha value is -2.97. The molecule has 2 aliphatic rings. The maximum absolute atomic E-state index is 12.6. The number of ether oxygens (including phenoxy) is 2. The molecule has 1 aromatic carbocycles. The van der Waals surface area contributed by atoms with Gasteiger partial charge in [0.2, 0.25) is 0 Å². The van der Waals surface area contributed by atoms with Crippen LogP contribution in [0.25, 0.3) is 5.65 Å². The Morgan fingerprint density at radius 2 is 1.97 bits per heavy atom. The zero-order valence-corrected chi connectivity index (χ0v) is 18.6. The molecule has 2 aromatic heterocycles. The van der Waals surface area contributed by atoms with Gasteiger partial charge >= 0.3 is 6.03 Å². The van der Waals surface area contributed by atoms with Crippen LogP contribution in [0.5, 0.6) is 11.5 Å². The second kappa shape index (κ2) is 9.26. The Bertz CT molecular complexity index is 1080. The van der Waals surface area contributed by atoms with Crippen LogP contribution in [-0.2, 0) is 13.0 Å². The van der Waals surface area contributed by atoms with E-state index in [0.717, 1.165) is 36.5 Å². The number of carbonyl (C=O) groups is 1. The lowest BCUT2D eigenvalue weighted by atomic mass is 10.1. The summed E-state index contributed by atoms with van der Waals surface area (Å²) in [7, 11) is 0. The van der Waals surface area contributed by atoms with E-state index in [-0.39, 0.29) is 6.03 Å². The largest absolute Gasteiger partial charge is 0.486 e. The number of fused-ring (bicyclic) bond motifs is 2. The third-order valence-corrected chi connectivity index (χ3v) is 6.09. The molecule has 0 spiro atoms. The van der Waals surface area contributed by atoms with Crippen molar-refractivity contribution in [2.75, 3.05) is 45.9 Å². The summed E-state index contributed by atoms with van der Waals surface area (Å²) in [5.41, 5.74) is 3.02. The van der Waals surface area contributed by atoms with E-state index in [9.17, 15) is 4.79 Å². The van der Waals surface area contributed by atoms with Crippen LogP contribution in [0.1, 0.15) is 11.3 Å². The Morgan fingerprint density at radius 3 is 2.81 bits per heavy atom. The molecule has 1 saturated heterocycles. The van der Waals surface area contributed by atoms with Crippen molar-refractivity contribution in [2.45, 2.75) is 13.0 Å². The topological polar surface area (TPSA) is 71.3 Å². The lowest BCUT2D eigenvalue weighted by molar-refractivity contribution is 0.134. The van der Waals surface area contributed by atoms with Crippen molar-refractivity contribution in [1.29, 1.82) is 0 Å². The number of urea groups is 1. The maximum Gasteiger partial charge on any atom is 0.317 e. The molecular weight excluding hydrogens is 430 g/mol. The van der Waals surface area contributed by atoms with E-state index in [0.29, 0.717) is 55.8 Å². The average molecular weight is 456 g/mol.